The molecular weight excluding hydrogens is 402 g/mol. The fourth-order valence-electron chi connectivity index (χ4n) is 3.54. The lowest BCUT2D eigenvalue weighted by Crippen LogP contribution is -2.33. The zero-order valence-electron chi connectivity index (χ0n) is 17.9. The molecule has 2 heterocycles. The van der Waals surface area contributed by atoms with Crippen LogP contribution in [0.15, 0.2) is 85.2 Å². The molecule has 0 spiro atoms. The van der Waals surface area contributed by atoms with E-state index >= 15 is 0 Å². The minimum absolute atomic E-state index is 0.350. The van der Waals surface area contributed by atoms with E-state index in [1.165, 1.54) is 11.1 Å². The van der Waals surface area contributed by atoms with Crippen LogP contribution in [0.1, 0.15) is 25.0 Å². The second-order valence-electron chi connectivity index (χ2n) is 7.89. The van der Waals surface area contributed by atoms with E-state index in [-0.39, 0.29) is 0 Å². The Labute approximate surface area is 188 Å². The van der Waals surface area contributed by atoms with Gasteiger partial charge >= 0.3 is 0 Å². The highest BCUT2D eigenvalue weighted by atomic mass is 32.1. The summed E-state index contributed by atoms with van der Waals surface area (Å²) in [7, 11) is 0. The smallest absolute Gasteiger partial charge is 0.199 e. The Morgan fingerprint density at radius 1 is 0.903 bits per heavy atom. The van der Waals surface area contributed by atoms with Crippen molar-refractivity contribution < 1.29 is 0 Å². The Kier molecular flexibility index (Phi) is 6.70. The second kappa shape index (κ2) is 9.81. The topological polar surface area (TPSA) is 38.9 Å². The monoisotopic (exact) mass is 429 g/mol. The molecule has 6 heteroatoms. The van der Waals surface area contributed by atoms with Crippen LogP contribution in [0.25, 0.3) is 11.4 Å². The average Bonchev–Trinajstić information content (AvgIpc) is 3.10. The molecule has 0 aliphatic carbocycles. The summed E-state index contributed by atoms with van der Waals surface area (Å²) in [6.45, 7) is 6.55. The van der Waals surface area contributed by atoms with E-state index in [1.807, 2.05) is 47.3 Å². The number of hydrogen-bond donors (Lipinski definition) is 0. The number of hydrogen-bond acceptors (Lipinski definition) is 4. The van der Waals surface area contributed by atoms with Gasteiger partial charge in [0.2, 0.25) is 0 Å². The zero-order chi connectivity index (χ0) is 21.6. The van der Waals surface area contributed by atoms with Gasteiger partial charge in [-0.1, -0.05) is 60.7 Å². The third kappa shape index (κ3) is 5.16. The number of aromatic nitrogens is 4. The zero-order valence-corrected chi connectivity index (χ0v) is 18.7. The van der Waals surface area contributed by atoms with Gasteiger partial charge < -0.3 is 0 Å². The van der Waals surface area contributed by atoms with Gasteiger partial charge in [0.1, 0.15) is 0 Å². The molecule has 158 valence electrons. The molecule has 0 N–H and O–H groups in total. The maximum Gasteiger partial charge on any atom is 0.199 e. The average molecular weight is 430 g/mol. The number of rotatable bonds is 8. The molecule has 2 aromatic carbocycles. The minimum Gasteiger partial charge on any atom is -0.295 e. The van der Waals surface area contributed by atoms with Crippen molar-refractivity contribution in [1.29, 1.82) is 0 Å². The Hall–Kier alpha value is -3.09. The highest BCUT2D eigenvalue weighted by Gasteiger charge is 2.17. The van der Waals surface area contributed by atoms with Crippen LogP contribution in [0, 0.1) is 4.77 Å². The van der Waals surface area contributed by atoms with Crippen LogP contribution in [0.5, 0.6) is 0 Å². The highest BCUT2D eigenvalue weighted by molar-refractivity contribution is 7.71. The van der Waals surface area contributed by atoms with Gasteiger partial charge in [-0.2, -0.15) is 5.10 Å². The van der Waals surface area contributed by atoms with Crippen LogP contribution in [0.4, 0.5) is 0 Å². The molecule has 0 unspecified atom stereocenters. The van der Waals surface area contributed by atoms with E-state index in [1.54, 1.807) is 6.20 Å². The molecule has 0 saturated carbocycles. The molecule has 4 aromatic rings. The van der Waals surface area contributed by atoms with Crippen molar-refractivity contribution in [3.8, 4) is 11.4 Å². The lowest BCUT2D eigenvalue weighted by Gasteiger charge is -2.26. The van der Waals surface area contributed by atoms with Crippen molar-refractivity contribution in [3.05, 3.63) is 101 Å². The fourth-order valence-corrected chi connectivity index (χ4v) is 3.79. The Bertz CT molecular complexity index is 1150. The molecule has 2 aromatic heterocycles. The van der Waals surface area contributed by atoms with Gasteiger partial charge in [0.05, 0.1) is 13.2 Å². The fraction of sp³-hybridized carbons (Fsp3) is 0.240. The summed E-state index contributed by atoms with van der Waals surface area (Å²) in [4.78, 5) is 6.66. The summed E-state index contributed by atoms with van der Waals surface area (Å²) < 4.78 is 4.74. The summed E-state index contributed by atoms with van der Waals surface area (Å²) >= 11 is 5.90. The first kappa shape index (κ1) is 21.2. The summed E-state index contributed by atoms with van der Waals surface area (Å²) in [6.07, 6.45) is 3.62. The van der Waals surface area contributed by atoms with Crippen LogP contribution in [0.2, 0.25) is 0 Å². The molecule has 0 aliphatic rings. The van der Waals surface area contributed by atoms with Crippen molar-refractivity contribution in [1.82, 2.24) is 24.2 Å². The van der Waals surface area contributed by atoms with Crippen molar-refractivity contribution in [2.75, 3.05) is 0 Å². The summed E-state index contributed by atoms with van der Waals surface area (Å²) in [6, 6.07) is 25.2. The van der Waals surface area contributed by atoms with Gasteiger partial charge in [-0.05, 0) is 49.3 Å². The maximum atomic E-state index is 5.90. The quantitative estimate of drug-likeness (QED) is 0.352. The van der Waals surface area contributed by atoms with Crippen LogP contribution in [-0.4, -0.2) is 30.3 Å². The second-order valence-corrected chi connectivity index (χ2v) is 8.25. The molecule has 0 aliphatic heterocycles. The largest absolute Gasteiger partial charge is 0.295 e. The number of nitrogens with zero attached hydrogens (tertiary/aromatic N) is 5. The first-order valence-electron chi connectivity index (χ1n) is 10.5. The minimum atomic E-state index is 0.350. The molecule has 31 heavy (non-hydrogen) atoms. The van der Waals surface area contributed by atoms with Gasteiger partial charge in [-0.25, -0.2) is 4.68 Å². The first-order chi connectivity index (χ1) is 15.1. The number of pyridine rings is 1. The Balaban J connectivity index is 1.69. The van der Waals surface area contributed by atoms with E-state index in [4.69, 9.17) is 17.3 Å². The van der Waals surface area contributed by atoms with Crippen molar-refractivity contribution in [3.63, 3.8) is 0 Å². The predicted molar refractivity (Wildman–Crippen MR) is 127 cm³/mol. The molecule has 0 bridgehead atoms. The van der Waals surface area contributed by atoms with E-state index in [9.17, 15) is 0 Å². The van der Waals surface area contributed by atoms with Crippen molar-refractivity contribution in [2.45, 2.75) is 39.6 Å². The molecule has 0 atom stereocenters. The summed E-state index contributed by atoms with van der Waals surface area (Å²) in [5.74, 6) is 0.838. The van der Waals surface area contributed by atoms with Crippen LogP contribution in [0.3, 0.4) is 0 Å². The Morgan fingerprint density at radius 2 is 1.58 bits per heavy atom. The first-order valence-corrected chi connectivity index (χ1v) is 10.9. The molecule has 0 saturated heterocycles. The lowest BCUT2D eigenvalue weighted by molar-refractivity contribution is 0.153. The van der Waals surface area contributed by atoms with Gasteiger partial charge in [-0.15, -0.1) is 0 Å². The highest BCUT2D eigenvalue weighted by Crippen LogP contribution is 2.20. The van der Waals surface area contributed by atoms with Crippen molar-refractivity contribution in [2.24, 2.45) is 0 Å². The standard InChI is InChI=1S/C25H27N5S/c1-20(2)28(17-21-10-5-3-6-11-21)19-30-25(31)29(18-22-12-7-4-8-13-22)24(27-30)23-14-9-15-26-16-23/h3-16,20H,17-19H2,1-2H3. The SMILES string of the molecule is CC(C)N(Cc1ccccc1)Cn1nc(-c2cccnc2)n(Cc2ccccc2)c1=S. The van der Waals surface area contributed by atoms with E-state index in [2.05, 4.69) is 64.7 Å². The normalized spacial score (nSPS) is 11.4. The van der Waals surface area contributed by atoms with Crippen LogP contribution < -0.4 is 0 Å². The molecule has 4 rings (SSSR count). The maximum absolute atomic E-state index is 5.90. The van der Waals surface area contributed by atoms with Gasteiger partial charge in [0.25, 0.3) is 0 Å². The molecule has 5 nitrogen and oxygen atoms in total. The van der Waals surface area contributed by atoms with E-state index in [0.717, 1.165) is 17.9 Å². The summed E-state index contributed by atoms with van der Waals surface area (Å²) in [5.41, 5.74) is 3.43. The molecule has 0 radical (unpaired) electrons. The Morgan fingerprint density at radius 3 is 2.19 bits per heavy atom. The third-order valence-corrected chi connectivity index (χ3v) is 5.73. The van der Waals surface area contributed by atoms with Crippen LogP contribution in [-0.2, 0) is 19.8 Å². The molecule has 0 fully saturated rings. The summed E-state index contributed by atoms with van der Waals surface area (Å²) in [5, 5.41) is 4.93. The van der Waals surface area contributed by atoms with Gasteiger partial charge in [0.15, 0.2) is 10.6 Å². The van der Waals surface area contributed by atoms with Crippen molar-refractivity contribution >= 4 is 12.2 Å². The van der Waals surface area contributed by atoms with E-state index < -0.39 is 0 Å². The van der Waals surface area contributed by atoms with E-state index in [0.29, 0.717) is 24.0 Å². The van der Waals surface area contributed by atoms with Gasteiger partial charge in [-0.3, -0.25) is 14.5 Å². The third-order valence-electron chi connectivity index (χ3n) is 5.30. The lowest BCUT2D eigenvalue weighted by atomic mass is 10.2. The van der Waals surface area contributed by atoms with Crippen LogP contribution >= 0.6 is 12.2 Å². The van der Waals surface area contributed by atoms with Gasteiger partial charge in [0, 0.05) is 30.5 Å². The molecule has 0 amide bonds. The molecular formula is C25H27N5S. The number of benzene rings is 2. The predicted octanol–water partition coefficient (Wildman–Crippen LogP) is 5.39.